The fraction of sp³-hybridized carbons (Fsp3) is 0.316. The average Bonchev–Trinajstić information content (AvgIpc) is 2.89. The molecule has 2 aliphatic rings. The molecule has 0 saturated carbocycles. The molecule has 0 unspecified atom stereocenters. The summed E-state index contributed by atoms with van der Waals surface area (Å²) in [4.78, 5) is 12.0. The minimum Gasteiger partial charge on any atom is -0.355 e. The highest BCUT2D eigenvalue weighted by Gasteiger charge is 2.50. The van der Waals surface area contributed by atoms with Crippen LogP contribution in [0.4, 0.5) is 0 Å². The van der Waals surface area contributed by atoms with E-state index in [2.05, 4.69) is 67.7 Å². The maximum absolute atomic E-state index is 12.0. The largest absolute Gasteiger partial charge is 0.355 e. The molecule has 21 heavy (non-hydrogen) atoms. The minimum atomic E-state index is -0.195. The SMILES string of the molecule is CC1(C)c2ccccc2C2(CNC(=O)C2)c2ccccc21. The molecular weight excluding hydrogens is 258 g/mol. The van der Waals surface area contributed by atoms with Crippen molar-refractivity contribution in [2.24, 2.45) is 0 Å². The molecule has 1 aliphatic carbocycles. The third-order valence-corrected chi connectivity index (χ3v) is 5.28. The molecule has 1 amide bonds. The van der Waals surface area contributed by atoms with Gasteiger partial charge < -0.3 is 5.32 Å². The normalized spacial score (nSPS) is 20.8. The predicted molar refractivity (Wildman–Crippen MR) is 83.4 cm³/mol. The minimum absolute atomic E-state index is 0.0237. The summed E-state index contributed by atoms with van der Waals surface area (Å²) in [7, 11) is 0. The Balaban J connectivity index is 2.09. The number of carbonyl (C=O) groups excluding carboxylic acids is 1. The van der Waals surface area contributed by atoms with Crippen molar-refractivity contribution >= 4 is 5.91 Å². The molecule has 1 N–H and O–H groups in total. The van der Waals surface area contributed by atoms with Crippen LogP contribution in [0.5, 0.6) is 0 Å². The Morgan fingerprint density at radius 3 is 1.76 bits per heavy atom. The highest BCUT2D eigenvalue weighted by atomic mass is 16.1. The Labute approximate surface area is 125 Å². The Bertz CT molecular complexity index is 695. The lowest BCUT2D eigenvalue weighted by Gasteiger charge is -2.44. The van der Waals surface area contributed by atoms with Gasteiger partial charge in [-0.3, -0.25) is 4.79 Å². The van der Waals surface area contributed by atoms with E-state index in [0.29, 0.717) is 13.0 Å². The number of fused-ring (bicyclic) bond motifs is 4. The number of benzene rings is 2. The lowest BCUT2D eigenvalue weighted by Crippen LogP contribution is -2.41. The Morgan fingerprint density at radius 2 is 1.33 bits per heavy atom. The van der Waals surface area contributed by atoms with Gasteiger partial charge in [-0.05, 0) is 22.3 Å². The van der Waals surface area contributed by atoms with Crippen molar-refractivity contribution < 1.29 is 4.79 Å². The maximum atomic E-state index is 12.0. The van der Waals surface area contributed by atoms with Gasteiger partial charge in [0.25, 0.3) is 0 Å². The number of nitrogens with one attached hydrogen (secondary N) is 1. The zero-order chi connectivity index (χ0) is 14.7. The first-order chi connectivity index (χ1) is 10.1. The first kappa shape index (κ1) is 12.6. The maximum Gasteiger partial charge on any atom is 0.221 e. The van der Waals surface area contributed by atoms with Crippen molar-refractivity contribution in [2.75, 3.05) is 6.54 Å². The Hall–Kier alpha value is -2.09. The van der Waals surface area contributed by atoms with Gasteiger partial charge in [0.1, 0.15) is 0 Å². The molecule has 1 fully saturated rings. The molecule has 0 atom stereocenters. The molecule has 2 aromatic rings. The summed E-state index contributed by atoms with van der Waals surface area (Å²) in [5.41, 5.74) is 5.10. The second kappa shape index (κ2) is 3.97. The van der Waals surface area contributed by atoms with Gasteiger partial charge >= 0.3 is 0 Å². The van der Waals surface area contributed by atoms with Crippen LogP contribution < -0.4 is 5.32 Å². The van der Waals surface area contributed by atoms with E-state index in [9.17, 15) is 4.79 Å². The average molecular weight is 277 g/mol. The first-order valence-electron chi connectivity index (χ1n) is 7.52. The van der Waals surface area contributed by atoms with Crippen LogP contribution in [0, 0.1) is 0 Å². The van der Waals surface area contributed by atoms with Crippen LogP contribution in [0.1, 0.15) is 42.5 Å². The van der Waals surface area contributed by atoms with E-state index in [-0.39, 0.29) is 16.7 Å². The fourth-order valence-corrected chi connectivity index (χ4v) is 4.21. The lowest BCUT2D eigenvalue weighted by atomic mass is 9.58. The number of hydrogen-bond acceptors (Lipinski definition) is 1. The van der Waals surface area contributed by atoms with Crippen LogP contribution in [0.3, 0.4) is 0 Å². The molecule has 2 heteroatoms. The van der Waals surface area contributed by atoms with Crippen LogP contribution in [0.15, 0.2) is 48.5 Å². The number of hydrogen-bond donors (Lipinski definition) is 1. The van der Waals surface area contributed by atoms with E-state index in [1.807, 2.05) is 0 Å². The molecule has 2 nitrogen and oxygen atoms in total. The van der Waals surface area contributed by atoms with Gasteiger partial charge in [0, 0.05) is 23.8 Å². The van der Waals surface area contributed by atoms with Gasteiger partial charge in [-0.25, -0.2) is 0 Å². The van der Waals surface area contributed by atoms with E-state index < -0.39 is 0 Å². The van der Waals surface area contributed by atoms with Crippen LogP contribution in [-0.4, -0.2) is 12.5 Å². The molecule has 1 heterocycles. The third-order valence-electron chi connectivity index (χ3n) is 5.28. The molecule has 4 rings (SSSR count). The van der Waals surface area contributed by atoms with Gasteiger partial charge in [0.2, 0.25) is 5.91 Å². The molecule has 106 valence electrons. The van der Waals surface area contributed by atoms with Crippen molar-refractivity contribution in [1.29, 1.82) is 0 Å². The van der Waals surface area contributed by atoms with E-state index >= 15 is 0 Å². The van der Waals surface area contributed by atoms with E-state index in [4.69, 9.17) is 0 Å². The number of amides is 1. The standard InChI is InChI=1S/C19H19NO/c1-18(2)13-7-3-5-9-15(13)19(11-17(21)20-12-19)16-10-6-4-8-14(16)18/h3-10H,11-12H2,1-2H3,(H,20,21). The van der Waals surface area contributed by atoms with Crippen LogP contribution >= 0.6 is 0 Å². The molecule has 0 radical (unpaired) electrons. The number of carbonyl (C=O) groups is 1. The predicted octanol–water partition coefficient (Wildman–Crippen LogP) is 3.13. The fourth-order valence-electron chi connectivity index (χ4n) is 4.21. The lowest BCUT2D eigenvalue weighted by molar-refractivity contribution is -0.119. The zero-order valence-corrected chi connectivity index (χ0v) is 12.4. The molecular formula is C19H19NO. The van der Waals surface area contributed by atoms with Gasteiger partial charge in [-0.15, -0.1) is 0 Å². The summed E-state index contributed by atoms with van der Waals surface area (Å²) in [6.45, 7) is 5.26. The van der Waals surface area contributed by atoms with Crippen molar-refractivity contribution in [1.82, 2.24) is 5.32 Å². The summed E-state index contributed by atoms with van der Waals surface area (Å²) in [5, 5.41) is 3.05. The second-order valence-electron chi connectivity index (χ2n) is 6.75. The highest BCUT2D eigenvalue weighted by molar-refractivity contribution is 5.83. The topological polar surface area (TPSA) is 29.1 Å². The summed E-state index contributed by atoms with van der Waals surface area (Å²) in [5.74, 6) is 0.152. The van der Waals surface area contributed by atoms with Crippen molar-refractivity contribution in [3.63, 3.8) is 0 Å². The summed E-state index contributed by atoms with van der Waals surface area (Å²) < 4.78 is 0. The Morgan fingerprint density at radius 1 is 0.857 bits per heavy atom. The van der Waals surface area contributed by atoms with Gasteiger partial charge in [0.05, 0.1) is 0 Å². The smallest absolute Gasteiger partial charge is 0.221 e. The van der Waals surface area contributed by atoms with Crippen LogP contribution in [0.25, 0.3) is 0 Å². The Kier molecular flexibility index (Phi) is 2.39. The molecule has 1 spiro atoms. The van der Waals surface area contributed by atoms with Crippen LogP contribution in [-0.2, 0) is 15.6 Å². The molecule has 0 aromatic heterocycles. The quantitative estimate of drug-likeness (QED) is 0.787. The number of rotatable bonds is 0. The van der Waals surface area contributed by atoms with E-state index in [0.717, 1.165) is 0 Å². The van der Waals surface area contributed by atoms with E-state index in [1.165, 1.54) is 22.3 Å². The van der Waals surface area contributed by atoms with Crippen LogP contribution in [0.2, 0.25) is 0 Å². The summed E-state index contributed by atoms with van der Waals surface area (Å²) in [6, 6.07) is 17.2. The first-order valence-corrected chi connectivity index (χ1v) is 7.52. The van der Waals surface area contributed by atoms with Gasteiger partial charge in [-0.1, -0.05) is 62.4 Å². The molecule has 1 aliphatic heterocycles. The molecule has 1 saturated heterocycles. The zero-order valence-electron chi connectivity index (χ0n) is 12.4. The molecule has 2 aromatic carbocycles. The van der Waals surface area contributed by atoms with Gasteiger partial charge in [-0.2, -0.15) is 0 Å². The monoisotopic (exact) mass is 277 g/mol. The van der Waals surface area contributed by atoms with Gasteiger partial charge in [0.15, 0.2) is 0 Å². The molecule has 0 bridgehead atoms. The summed E-state index contributed by atoms with van der Waals surface area (Å²) >= 11 is 0. The highest BCUT2D eigenvalue weighted by Crippen LogP contribution is 2.52. The summed E-state index contributed by atoms with van der Waals surface area (Å²) in [6.07, 6.45) is 0.553. The second-order valence-corrected chi connectivity index (χ2v) is 6.75. The third kappa shape index (κ3) is 1.50. The van der Waals surface area contributed by atoms with Crippen molar-refractivity contribution in [3.05, 3.63) is 70.8 Å². The van der Waals surface area contributed by atoms with Crippen molar-refractivity contribution in [3.8, 4) is 0 Å². The van der Waals surface area contributed by atoms with Crippen molar-refractivity contribution in [2.45, 2.75) is 31.1 Å². The van der Waals surface area contributed by atoms with E-state index in [1.54, 1.807) is 0 Å².